The summed E-state index contributed by atoms with van der Waals surface area (Å²) < 4.78 is 1.94. The number of nitrogens with one attached hydrogen (secondary N) is 1. The third-order valence-electron chi connectivity index (χ3n) is 5.08. The highest BCUT2D eigenvalue weighted by Gasteiger charge is 2.35. The Morgan fingerprint density at radius 2 is 2.00 bits per heavy atom. The quantitative estimate of drug-likeness (QED) is 0.870. The summed E-state index contributed by atoms with van der Waals surface area (Å²) in [4.78, 5) is 0. The largest absolute Gasteiger partial charge is 0.394 e. The molecule has 1 aromatic heterocycles. The van der Waals surface area contributed by atoms with Crippen molar-refractivity contribution in [3.05, 3.63) is 11.3 Å². The lowest BCUT2D eigenvalue weighted by Gasteiger charge is -2.30. The molecule has 2 saturated carbocycles. The maximum atomic E-state index is 9.18. The molecule has 20 heavy (non-hydrogen) atoms. The standard InChI is InChI=1S/C16H27N3O/c1-11-12(2)18-19(8-9-20)16(11)17-15-5-3-4-14(10-15)13-6-7-13/h13-15,17,20H,3-10H2,1-2H3/t14-,15-/m1/s1. The molecule has 2 N–H and O–H groups in total. The molecule has 2 atom stereocenters. The first-order chi connectivity index (χ1) is 9.69. The second kappa shape index (κ2) is 5.76. The lowest BCUT2D eigenvalue weighted by atomic mass is 9.82. The molecule has 0 aliphatic heterocycles. The Balaban J connectivity index is 1.69. The number of aromatic nitrogens is 2. The van der Waals surface area contributed by atoms with Crippen LogP contribution in [0.4, 0.5) is 5.82 Å². The van der Waals surface area contributed by atoms with Crippen molar-refractivity contribution in [2.75, 3.05) is 11.9 Å². The van der Waals surface area contributed by atoms with Crippen molar-refractivity contribution in [3.8, 4) is 0 Å². The monoisotopic (exact) mass is 277 g/mol. The van der Waals surface area contributed by atoms with Gasteiger partial charge >= 0.3 is 0 Å². The summed E-state index contributed by atoms with van der Waals surface area (Å²) in [7, 11) is 0. The van der Waals surface area contributed by atoms with Crippen molar-refractivity contribution in [2.45, 2.75) is 65.0 Å². The van der Waals surface area contributed by atoms with E-state index in [-0.39, 0.29) is 6.61 Å². The van der Waals surface area contributed by atoms with Crippen LogP contribution in [0, 0.1) is 25.7 Å². The third kappa shape index (κ3) is 2.85. The number of rotatable bonds is 5. The van der Waals surface area contributed by atoms with Crippen LogP contribution in [0.3, 0.4) is 0 Å². The zero-order chi connectivity index (χ0) is 14.1. The molecule has 2 fully saturated rings. The minimum Gasteiger partial charge on any atom is -0.394 e. The van der Waals surface area contributed by atoms with Crippen LogP contribution in [0.1, 0.15) is 49.8 Å². The average Bonchev–Trinajstić information content (AvgIpc) is 3.25. The van der Waals surface area contributed by atoms with Crippen LogP contribution in [0.5, 0.6) is 0 Å². The second-order valence-corrected chi connectivity index (χ2v) is 6.61. The number of aryl methyl sites for hydroxylation is 1. The molecule has 1 heterocycles. The Bertz CT molecular complexity index is 465. The summed E-state index contributed by atoms with van der Waals surface area (Å²) in [6.45, 7) is 4.89. The number of hydrogen-bond acceptors (Lipinski definition) is 3. The van der Waals surface area contributed by atoms with Gasteiger partial charge in [-0.15, -0.1) is 0 Å². The first-order valence-electron chi connectivity index (χ1n) is 8.10. The fraction of sp³-hybridized carbons (Fsp3) is 0.812. The van der Waals surface area contributed by atoms with Gasteiger partial charge in [-0.2, -0.15) is 5.10 Å². The number of hydrogen-bond donors (Lipinski definition) is 2. The average molecular weight is 277 g/mol. The predicted molar refractivity (Wildman–Crippen MR) is 80.9 cm³/mol. The van der Waals surface area contributed by atoms with Crippen molar-refractivity contribution in [1.29, 1.82) is 0 Å². The maximum absolute atomic E-state index is 9.18. The molecule has 2 aliphatic rings. The predicted octanol–water partition coefficient (Wildman–Crippen LogP) is 2.87. The molecule has 4 nitrogen and oxygen atoms in total. The number of aliphatic hydroxyl groups excluding tert-OH is 1. The van der Waals surface area contributed by atoms with E-state index in [4.69, 9.17) is 0 Å². The SMILES string of the molecule is Cc1nn(CCO)c(N[C@@H]2CCC[C@@H](C3CC3)C2)c1C. The fourth-order valence-corrected chi connectivity index (χ4v) is 3.66. The van der Waals surface area contributed by atoms with Gasteiger partial charge in [0.05, 0.1) is 18.8 Å². The van der Waals surface area contributed by atoms with E-state index >= 15 is 0 Å². The van der Waals surface area contributed by atoms with Gasteiger partial charge in [0.2, 0.25) is 0 Å². The van der Waals surface area contributed by atoms with Crippen molar-refractivity contribution in [1.82, 2.24) is 9.78 Å². The number of nitrogens with zero attached hydrogens (tertiary/aromatic N) is 2. The van der Waals surface area contributed by atoms with Gasteiger partial charge in [0.25, 0.3) is 0 Å². The maximum Gasteiger partial charge on any atom is 0.127 e. The molecule has 0 unspecified atom stereocenters. The Morgan fingerprint density at radius 1 is 1.20 bits per heavy atom. The highest BCUT2D eigenvalue weighted by atomic mass is 16.3. The zero-order valence-corrected chi connectivity index (χ0v) is 12.7. The summed E-state index contributed by atoms with van der Waals surface area (Å²) in [5, 5.41) is 17.4. The molecule has 0 radical (unpaired) electrons. The summed E-state index contributed by atoms with van der Waals surface area (Å²) in [5.74, 6) is 3.08. The number of aliphatic hydroxyl groups is 1. The van der Waals surface area contributed by atoms with E-state index in [1.54, 1.807) is 0 Å². The molecule has 3 rings (SSSR count). The second-order valence-electron chi connectivity index (χ2n) is 6.61. The molecule has 2 aliphatic carbocycles. The lowest BCUT2D eigenvalue weighted by Crippen LogP contribution is -2.29. The van der Waals surface area contributed by atoms with Gasteiger partial charge in [-0.1, -0.05) is 12.8 Å². The van der Waals surface area contributed by atoms with Gasteiger partial charge in [0.15, 0.2) is 0 Å². The van der Waals surface area contributed by atoms with Crippen LogP contribution in [-0.4, -0.2) is 27.5 Å². The Morgan fingerprint density at radius 3 is 2.70 bits per heavy atom. The Labute approximate surface area is 121 Å². The molecule has 1 aromatic rings. The fourth-order valence-electron chi connectivity index (χ4n) is 3.66. The van der Waals surface area contributed by atoms with Crippen LogP contribution in [0.2, 0.25) is 0 Å². The molecular formula is C16H27N3O. The van der Waals surface area contributed by atoms with Crippen LogP contribution in [0.15, 0.2) is 0 Å². The van der Waals surface area contributed by atoms with Crippen molar-refractivity contribution < 1.29 is 5.11 Å². The van der Waals surface area contributed by atoms with Crippen LogP contribution in [-0.2, 0) is 6.54 Å². The van der Waals surface area contributed by atoms with Gasteiger partial charge in [0.1, 0.15) is 5.82 Å². The Kier molecular flexibility index (Phi) is 4.01. The van der Waals surface area contributed by atoms with Crippen LogP contribution in [0.25, 0.3) is 0 Å². The van der Waals surface area contributed by atoms with E-state index in [0.717, 1.165) is 23.3 Å². The molecule has 0 saturated heterocycles. The van der Waals surface area contributed by atoms with E-state index < -0.39 is 0 Å². The topological polar surface area (TPSA) is 50.1 Å². The molecule has 0 aromatic carbocycles. The summed E-state index contributed by atoms with van der Waals surface area (Å²) in [6.07, 6.45) is 8.27. The lowest BCUT2D eigenvalue weighted by molar-refractivity contribution is 0.269. The van der Waals surface area contributed by atoms with E-state index in [2.05, 4.69) is 17.3 Å². The van der Waals surface area contributed by atoms with Crippen molar-refractivity contribution >= 4 is 5.82 Å². The molecule has 112 valence electrons. The van der Waals surface area contributed by atoms with Crippen molar-refractivity contribution in [2.24, 2.45) is 11.8 Å². The van der Waals surface area contributed by atoms with E-state index in [1.807, 2.05) is 11.6 Å². The highest BCUT2D eigenvalue weighted by Crippen LogP contribution is 2.44. The van der Waals surface area contributed by atoms with Gasteiger partial charge in [0, 0.05) is 11.6 Å². The van der Waals surface area contributed by atoms with E-state index in [9.17, 15) is 5.11 Å². The first-order valence-corrected chi connectivity index (χ1v) is 8.10. The first kappa shape index (κ1) is 13.9. The minimum atomic E-state index is 0.143. The van der Waals surface area contributed by atoms with E-state index in [1.165, 1.54) is 44.1 Å². The minimum absolute atomic E-state index is 0.143. The third-order valence-corrected chi connectivity index (χ3v) is 5.08. The van der Waals surface area contributed by atoms with Gasteiger partial charge < -0.3 is 10.4 Å². The summed E-state index contributed by atoms with van der Waals surface area (Å²) in [6, 6.07) is 0.585. The molecule has 0 amide bonds. The van der Waals surface area contributed by atoms with Gasteiger partial charge in [-0.25, -0.2) is 4.68 Å². The molecule has 4 heteroatoms. The normalized spacial score (nSPS) is 26.8. The summed E-state index contributed by atoms with van der Waals surface area (Å²) >= 11 is 0. The summed E-state index contributed by atoms with van der Waals surface area (Å²) in [5.41, 5.74) is 2.29. The molecule has 0 bridgehead atoms. The van der Waals surface area contributed by atoms with Crippen LogP contribution >= 0.6 is 0 Å². The highest BCUT2D eigenvalue weighted by molar-refractivity contribution is 5.47. The molecule has 0 spiro atoms. The zero-order valence-electron chi connectivity index (χ0n) is 12.7. The van der Waals surface area contributed by atoms with Gasteiger partial charge in [-0.3, -0.25) is 0 Å². The van der Waals surface area contributed by atoms with Crippen molar-refractivity contribution in [3.63, 3.8) is 0 Å². The van der Waals surface area contributed by atoms with E-state index in [0.29, 0.717) is 12.6 Å². The van der Waals surface area contributed by atoms with Crippen LogP contribution < -0.4 is 5.32 Å². The van der Waals surface area contributed by atoms with Gasteiger partial charge in [-0.05, 0) is 51.4 Å². The smallest absolute Gasteiger partial charge is 0.127 e. The Hall–Kier alpha value is -1.03. The molecular weight excluding hydrogens is 250 g/mol. The number of anilines is 1.